The van der Waals surface area contributed by atoms with E-state index in [0.29, 0.717) is 41.8 Å². The molecule has 0 spiro atoms. The van der Waals surface area contributed by atoms with Crippen molar-refractivity contribution in [2.75, 3.05) is 34.7 Å². The van der Waals surface area contributed by atoms with Crippen LogP contribution in [0.4, 0.5) is 0 Å². The van der Waals surface area contributed by atoms with Crippen molar-refractivity contribution in [3.8, 4) is 34.5 Å². The summed E-state index contributed by atoms with van der Waals surface area (Å²) < 4.78 is 40.0. The van der Waals surface area contributed by atoms with Crippen LogP contribution in [0.3, 0.4) is 0 Å². The summed E-state index contributed by atoms with van der Waals surface area (Å²) in [4.78, 5) is 0. The third kappa shape index (κ3) is 3.40. The van der Waals surface area contributed by atoms with Gasteiger partial charge < -0.3 is 33.2 Å². The van der Waals surface area contributed by atoms with Gasteiger partial charge in [0.25, 0.3) is 0 Å². The Morgan fingerprint density at radius 1 is 0.931 bits per heavy atom. The Kier molecular flexibility index (Phi) is 5.08. The maximum absolute atomic E-state index is 6.25. The lowest BCUT2D eigenvalue weighted by Crippen LogP contribution is -2.41. The molecule has 2 aliphatic heterocycles. The van der Waals surface area contributed by atoms with Crippen molar-refractivity contribution >= 4 is 0 Å². The van der Waals surface area contributed by atoms with Crippen LogP contribution in [-0.4, -0.2) is 40.5 Å². The Labute approximate surface area is 170 Å². The summed E-state index contributed by atoms with van der Waals surface area (Å²) in [5, 5.41) is 0. The molecule has 0 unspecified atom stereocenters. The monoisotopic (exact) mass is 402 g/mol. The van der Waals surface area contributed by atoms with Gasteiger partial charge in [-0.25, -0.2) is 0 Å². The van der Waals surface area contributed by atoms with Crippen molar-refractivity contribution in [2.45, 2.75) is 32.0 Å². The third-order valence-corrected chi connectivity index (χ3v) is 5.32. The highest BCUT2D eigenvalue weighted by atomic mass is 16.7. The Bertz CT molecular complexity index is 885. The molecule has 0 fully saturated rings. The summed E-state index contributed by atoms with van der Waals surface area (Å²) in [6.45, 7) is 4.65. The van der Waals surface area contributed by atoms with Crippen LogP contribution in [0.2, 0.25) is 0 Å². The summed E-state index contributed by atoms with van der Waals surface area (Å²) in [5.74, 6) is 3.07. The number of methoxy groups -OCH3 is 3. The lowest BCUT2D eigenvalue weighted by atomic mass is 9.82. The van der Waals surface area contributed by atoms with Crippen molar-refractivity contribution in [1.82, 2.24) is 0 Å². The molecule has 0 radical (unpaired) electrons. The maximum atomic E-state index is 6.25. The number of hydrogen-bond donors (Lipinski definition) is 0. The second kappa shape index (κ2) is 7.55. The molecule has 0 aromatic heterocycles. The van der Waals surface area contributed by atoms with E-state index in [-0.39, 0.29) is 12.7 Å². The van der Waals surface area contributed by atoms with Gasteiger partial charge in [-0.2, -0.15) is 0 Å². The molecule has 0 N–H and O–H groups in total. The second-order valence-corrected chi connectivity index (χ2v) is 7.13. The summed E-state index contributed by atoms with van der Waals surface area (Å²) in [6, 6.07) is 7.80. The van der Waals surface area contributed by atoms with E-state index < -0.39 is 5.79 Å². The topological polar surface area (TPSA) is 64.6 Å². The van der Waals surface area contributed by atoms with E-state index in [4.69, 9.17) is 33.2 Å². The zero-order chi connectivity index (χ0) is 20.6. The molecule has 0 saturated heterocycles. The molecule has 0 amide bonds. The summed E-state index contributed by atoms with van der Waals surface area (Å²) in [5.41, 5.74) is 2.01. The van der Waals surface area contributed by atoms with Crippen molar-refractivity contribution in [2.24, 2.45) is 0 Å². The maximum Gasteiger partial charge on any atom is 0.231 e. The van der Waals surface area contributed by atoms with Gasteiger partial charge in [0.05, 0.1) is 21.3 Å². The number of fused-ring (bicyclic) bond motifs is 2. The number of ether oxygens (including phenoxy) is 7. The summed E-state index contributed by atoms with van der Waals surface area (Å²) in [6.07, 6.45) is 0.617. The highest BCUT2D eigenvalue weighted by Gasteiger charge is 2.40. The van der Waals surface area contributed by atoms with E-state index in [1.54, 1.807) is 21.3 Å². The van der Waals surface area contributed by atoms with Gasteiger partial charge in [-0.3, -0.25) is 0 Å². The average Bonchev–Trinajstić information content (AvgIpc) is 3.17. The van der Waals surface area contributed by atoms with E-state index in [0.717, 1.165) is 16.9 Å². The fraction of sp³-hybridized carbons (Fsp3) is 0.455. The quantitative estimate of drug-likeness (QED) is 0.720. The molecule has 156 valence electrons. The van der Waals surface area contributed by atoms with Crippen molar-refractivity contribution < 1.29 is 33.2 Å². The van der Waals surface area contributed by atoms with E-state index in [1.807, 2.05) is 38.1 Å². The number of benzene rings is 2. The minimum atomic E-state index is -0.777. The minimum Gasteiger partial charge on any atom is -0.493 e. The zero-order valence-electron chi connectivity index (χ0n) is 17.4. The van der Waals surface area contributed by atoms with Gasteiger partial charge in [0, 0.05) is 37.5 Å². The molecule has 29 heavy (non-hydrogen) atoms. The first-order valence-corrected chi connectivity index (χ1v) is 9.58. The lowest BCUT2D eigenvalue weighted by molar-refractivity contribution is -0.179. The number of rotatable bonds is 6. The SMILES string of the molecule is CCO[C@]1(C)C[C@H](c2cc(OC)c(OC)c(OC)c2)c2cc3c(cc2O1)OCO3. The van der Waals surface area contributed by atoms with E-state index in [1.165, 1.54) is 0 Å². The first-order chi connectivity index (χ1) is 14.0. The molecule has 7 heteroatoms. The van der Waals surface area contributed by atoms with Crippen LogP contribution in [-0.2, 0) is 4.74 Å². The summed E-state index contributed by atoms with van der Waals surface area (Å²) in [7, 11) is 4.82. The van der Waals surface area contributed by atoms with Crippen LogP contribution >= 0.6 is 0 Å². The molecule has 2 aromatic rings. The van der Waals surface area contributed by atoms with Crippen LogP contribution in [0, 0.1) is 0 Å². The van der Waals surface area contributed by atoms with Gasteiger partial charge in [0.15, 0.2) is 23.0 Å². The van der Waals surface area contributed by atoms with Crippen LogP contribution in [0.25, 0.3) is 0 Å². The van der Waals surface area contributed by atoms with Gasteiger partial charge >= 0.3 is 0 Å². The smallest absolute Gasteiger partial charge is 0.231 e. The third-order valence-electron chi connectivity index (χ3n) is 5.32. The first-order valence-electron chi connectivity index (χ1n) is 9.58. The van der Waals surface area contributed by atoms with Gasteiger partial charge in [-0.1, -0.05) is 0 Å². The molecule has 7 nitrogen and oxygen atoms in total. The number of hydrogen-bond acceptors (Lipinski definition) is 7. The lowest BCUT2D eigenvalue weighted by Gasteiger charge is -2.39. The van der Waals surface area contributed by atoms with Crippen LogP contribution in [0.5, 0.6) is 34.5 Å². The standard InChI is InChI=1S/C22H26O7/c1-6-28-22(2)11-15(13-7-19(23-3)21(25-5)20(8-13)24-4)14-9-17-18(27-12-26-17)10-16(14)29-22/h7-10,15H,6,11-12H2,1-5H3/t15-,22+/m1/s1. The minimum absolute atomic E-state index is 0.0292. The van der Waals surface area contributed by atoms with E-state index in [2.05, 4.69) is 0 Å². The molecule has 4 rings (SSSR count). The van der Waals surface area contributed by atoms with Crippen LogP contribution < -0.4 is 28.4 Å². The fourth-order valence-corrected chi connectivity index (χ4v) is 4.05. The van der Waals surface area contributed by atoms with Crippen LogP contribution in [0.15, 0.2) is 24.3 Å². The Balaban J connectivity index is 1.86. The van der Waals surface area contributed by atoms with E-state index in [9.17, 15) is 0 Å². The van der Waals surface area contributed by atoms with Gasteiger partial charge in [-0.15, -0.1) is 0 Å². The highest BCUT2D eigenvalue weighted by molar-refractivity contribution is 5.59. The largest absolute Gasteiger partial charge is 0.493 e. The van der Waals surface area contributed by atoms with Crippen molar-refractivity contribution in [1.29, 1.82) is 0 Å². The molecule has 0 aliphatic carbocycles. The predicted molar refractivity (Wildman–Crippen MR) is 106 cm³/mol. The Morgan fingerprint density at radius 2 is 1.59 bits per heavy atom. The Hall–Kier alpha value is -2.80. The average molecular weight is 402 g/mol. The Morgan fingerprint density at radius 3 is 2.17 bits per heavy atom. The van der Waals surface area contributed by atoms with Crippen molar-refractivity contribution in [3.05, 3.63) is 35.4 Å². The molecule has 2 atom stereocenters. The molecule has 0 saturated carbocycles. The molecule has 0 bridgehead atoms. The fourth-order valence-electron chi connectivity index (χ4n) is 4.05. The molecular weight excluding hydrogens is 376 g/mol. The molecular formula is C22H26O7. The second-order valence-electron chi connectivity index (χ2n) is 7.13. The molecule has 2 aliphatic rings. The van der Waals surface area contributed by atoms with Gasteiger partial charge in [0.1, 0.15) is 5.75 Å². The van der Waals surface area contributed by atoms with Gasteiger partial charge in [-0.05, 0) is 30.7 Å². The summed E-state index contributed by atoms with van der Waals surface area (Å²) >= 11 is 0. The van der Waals surface area contributed by atoms with E-state index >= 15 is 0 Å². The van der Waals surface area contributed by atoms with Crippen molar-refractivity contribution in [3.63, 3.8) is 0 Å². The van der Waals surface area contributed by atoms with Crippen LogP contribution in [0.1, 0.15) is 37.3 Å². The van der Waals surface area contributed by atoms with Gasteiger partial charge in [0.2, 0.25) is 18.3 Å². The highest BCUT2D eigenvalue weighted by Crippen LogP contribution is 2.51. The first kappa shape index (κ1) is 19.5. The zero-order valence-corrected chi connectivity index (χ0v) is 17.4. The molecule has 2 heterocycles. The normalized spacial score (nSPS) is 21.9. The predicted octanol–water partition coefficient (Wildman–Crippen LogP) is 4.11. The molecule has 2 aromatic carbocycles.